The van der Waals surface area contributed by atoms with Gasteiger partial charge in [0.1, 0.15) is 0 Å². The fraction of sp³-hybridized carbons (Fsp3) is 0.154. The first-order valence-electron chi connectivity index (χ1n) is 5.60. The highest BCUT2D eigenvalue weighted by Gasteiger charge is 2.07. The molecule has 2 aromatic heterocycles. The van der Waals surface area contributed by atoms with Crippen molar-refractivity contribution in [2.24, 2.45) is 0 Å². The third kappa shape index (κ3) is 1.89. The van der Waals surface area contributed by atoms with E-state index in [0.717, 1.165) is 23.5 Å². The van der Waals surface area contributed by atoms with Crippen LogP contribution in [-0.4, -0.2) is 22.0 Å². The number of hydrogen-bond donors (Lipinski definition) is 2. The molecule has 0 saturated heterocycles. The summed E-state index contributed by atoms with van der Waals surface area (Å²) in [6, 6.07) is 10.1. The summed E-state index contributed by atoms with van der Waals surface area (Å²) < 4.78 is 0. The molecule has 0 atom stereocenters. The molecule has 3 rings (SSSR count). The highest BCUT2D eigenvalue weighted by Crippen LogP contribution is 2.17. The lowest BCUT2D eigenvalue weighted by atomic mass is 10.3. The van der Waals surface area contributed by atoms with E-state index in [1.807, 2.05) is 43.7 Å². The molecule has 3 aromatic rings. The maximum absolute atomic E-state index is 4.55. The first kappa shape index (κ1) is 9.96. The Bertz CT molecular complexity index is 576. The van der Waals surface area contributed by atoms with Crippen LogP contribution in [0, 0.1) is 0 Å². The van der Waals surface area contributed by atoms with E-state index in [2.05, 4.69) is 25.9 Å². The molecule has 86 valence electrons. The van der Waals surface area contributed by atoms with E-state index >= 15 is 0 Å². The van der Waals surface area contributed by atoms with Crippen molar-refractivity contribution in [3.63, 3.8) is 0 Å². The van der Waals surface area contributed by atoms with Gasteiger partial charge in [-0.1, -0.05) is 12.1 Å². The van der Waals surface area contributed by atoms with Gasteiger partial charge in [-0.25, -0.2) is 4.98 Å². The zero-order valence-electron chi connectivity index (χ0n) is 9.64. The summed E-state index contributed by atoms with van der Waals surface area (Å²) >= 11 is 0. The molecule has 2 N–H and O–H groups in total. The van der Waals surface area contributed by atoms with Gasteiger partial charge < -0.3 is 14.9 Å². The van der Waals surface area contributed by atoms with Crippen molar-refractivity contribution >= 4 is 17.0 Å². The van der Waals surface area contributed by atoms with Crippen LogP contribution in [0.15, 0.2) is 42.7 Å². The molecule has 0 bridgehead atoms. The Kier molecular flexibility index (Phi) is 2.33. The minimum absolute atomic E-state index is 0.837. The Morgan fingerprint density at radius 1 is 1.24 bits per heavy atom. The number of rotatable bonds is 3. The van der Waals surface area contributed by atoms with Crippen LogP contribution in [0.25, 0.3) is 11.0 Å². The van der Waals surface area contributed by atoms with Gasteiger partial charge in [-0.05, 0) is 23.8 Å². The second kappa shape index (κ2) is 3.97. The molecule has 2 heterocycles. The number of nitrogens with zero attached hydrogens (tertiary/aromatic N) is 2. The van der Waals surface area contributed by atoms with Crippen molar-refractivity contribution in [1.82, 2.24) is 15.0 Å². The molecule has 0 saturated carbocycles. The number of nitrogens with one attached hydrogen (secondary N) is 2. The van der Waals surface area contributed by atoms with Crippen molar-refractivity contribution in [2.45, 2.75) is 6.54 Å². The molecule has 0 aliphatic carbocycles. The molecule has 0 fully saturated rings. The van der Waals surface area contributed by atoms with E-state index in [4.69, 9.17) is 0 Å². The number of benzene rings is 1. The van der Waals surface area contributed by atoms with E-state index in [1.165, 1.54) is 5.56 Å². The first-order chi connectivity index (χ1) is 8.33. The first-order valence-corrected chi connectivity index (χ1v) is 5.60. The summed E-state index contributed by atoms with van der Waals surface area (Å²) in [5.74, 6) is 0.896. The standard InChI is InChI=1S/C13H14N4/c1-17(9-10-6-7-14-8-10)13-15-11-4-2-3-5-12(11)16-13/h2-8,14H,9H2,1H3,(H,15,16). The normalized spacial score (nSPS) is 10.9. The largest absolute Gasteiger partial charge is 0.367 e. The van der Waals surface area contributed by atoms with Gasteiger partial charge in [-0.2, -0.15) is 0 Å². The van der Waals surface area contributed by atoms with Gasteiger partial charge in [0.05, 0.1) is 11.0 Å². The fourth-order valence-corrected chi connectivity index (χ4v) is 1.93. The van der Waals surface area contributed by atoms with Crippen LogP contribution >= 0.6 is 0 Å². The number of anilines is 1. The average molecular weight is 226 g/mol. The second-order valence-corrected chi connectivity index (χ2v) is 4.15. The minimum atomic E-state index is 0.837. The number of H-pyrrole nitrogens is 2. The smallest absolute Gasteiger partial charge is 0.203 e. The molecule has 0 radical (unpaired) electrons. The summed E-state index contributed by atoms with van der Waals surface area (Å²) in [5.41, 5.74) is 3.32. The Morgan fingerprint density at radius 3 is 2.88 bits per heavy atom. The maximum atomic E-state index is 4.55. The van der Waals surface area contributed by atoms with Crippen LogP contribution in [-0.2, 0) is 6.54 Å². The predicted molar refractivity (Wildman–Crippen MR) is 69.0 cm³/mol. The third-order valence-electron chi connectivity index (χ3n) is 2.82. The van der Waals surface area contributed by atoms with Gasteiger partial charge in [0, 0.05) is 26.0 Å². The molecule has 4 heteroatoms. The number of aromatic amines is 2. The zero-order valence-corrected chi connectivity index (χ0v) is 9.64. The molecule has 17 heavy (non-hydrogen) atoms. The summed E-state index contributed by atoms with van der Waals surface area (Å²) in [4.78, 5) is 13.0. The van der Waals surface area contributed by atoms with Gasteiger partial charge in [0.25, 0.3) is 0 Å². The van der Waals surface area contributed by atoms with Gasteiger partial charge in [-0.3, -0.25) is 0 Å². The van der Waals surface area contributed by atoms with E-state index in [9.17, 15) is 0 Å². The maximum Gasteiger partial charge on any atom is 0.203 e. The molecule has 0 amide bonds. The summed E-state index contributed by atoms with van der Waals surface area (Å²) in [6.07, 6.45) is 3.93. The highest BCUT2D eigenvalue weighted by atomic mass is 15.2. The lowest BCUT2D eigenvalue weighted by Crippen LogP contribution is -2.17. The molecule has 0 aliphatic heterocycles. The van der Waals surface area contributed by atoms with Crippen molar-refractivity contribution in [2.75, 3.05) is 11.9 Å². The molecule has 0 aliphatic rings. The number of para-hydroxylation sites is 2. The topological polar surface area (TPSA) is 47.7 Å². The van der Waals surface area contributed by atoms with Crippen LogP contribution in [0.1, 0.15) is 5.56 Å². The van der Waals surface area contributed by atoms with Gasteiger partial charge >= 0.3 is 0 Å². The van der Waals surface area contributed by atoms with Gasteiger partial charge in [0.15, 0.2) is 0 Å². The number of fused-ring (bicyclic) bond motifs is 1. The van der Waals surface area contributed by atoms with E-state index in [0.29, 0.717) is 0 Å². The summed E-state index contributed by atoms with van der Waals surface area (Å²) in [5, 5.41) is 0. The summed E-state index contributed by atoms with van der Waals surface area (Å²) in [7, 11) is 2.03. The SMILES string of the molecule is CN(Cc1cc[nH]c1)c1nc2ccccc2[nH]1. The van der Waals surface area contributed by atoms with Crippen LogP contribution in [0.4, 0.5) is 5.95 Å². The molecule has 4 nitrogen and oxygen atoms in total. The molecule has 0 spiro atoms. The number of hydrogen-bond acceptors (Lipinski definition) is 2. The molecular formula is C13H14N4. The van der Waals surface area contributed by atoms with Crippen LogP contribution in [0.2, 0.25) is 0 Å². The van der Waals surface area contributed by atoms with Crippen molar-refractivity contribution in [3.05, 3.63) is 48.3 Å². The highest BCUT2D eigenvalue weighted by molar-refractivity contribution is 5.77. The van der Waals surface area contributed by atoms with Crippen molar-refractivity contribution < 1.29 is 0 Å². The van der Waals surface area contributed by atoms with Crippen LogP contribution in [0.3, 0.4) is 0 Å². The molecule has 0 unspecified atom stereocenters. The molecule has 1 aromatic carbocycles. The zero-order chi connectivity index (χ0) is 11.7. The summed E-state index contributed by atoms with van der Waals surface area (Å²) in [6.45, 7) is 0.837. The van der Waals surface area contributed by atoms with E-state index in [-0.39, 0.29) is 0 Å². The van der Waals surface area contributed by atoms with E-state index < -0.39 is 0 Å². The predicted octanol–water partition coefficient (Wildman–Crippen LogP) is 2.53. The Morgan fingerprint density at radius 2 is 2.12 bits per heavy atom. The van der Waals surface area contributed by atoms with E-state index in [1.54, 1.807) is 0 Å². The fourth-order valence-electron chi connectivity index (χ4n) is 1.93. The Balaban J connectivity index is 1.88. The number of aromatic nitrogens is 3. The quantitative estimate of drug-likeness (QED) is 0.721. The Hall–Kier alpha value is -2.23. The monoisotopic (exact) mass is 226 g/mol. The number of imidazole rings is 1. The minimum Gasteiger partial charge on any atom is -0.367 e. The van der Waals surface area contributed by atoms with Crippen molar-refractivity contribution in [1.29, 1.82) is 0 Å². The average Bonchev–Trinajstić information content (AvgIpc) is 2.96. The van der Waals surface area contributed by atoms with Crippen LogP contribution in [0.5, 0.6) is 0 Å². The Labute approximate surface area is 99.3 Å². The molecular weight excluding hydrogens is 212 g/mol. The third-order valence-corrected chi connectivity index (χ3v) is 2.82. The van der Waals surface area contributed by atoms with Crippen LogP contribution < -0.4 is 4.90 Å². The lowest BCUT2D eigenvalue weighted by Gasteiger charge is -2.14. The van der Waals surface area contributed by atoms with Gasteiger partial charge in [0.2, 0.25) is 5.95 Å². The van der Waals surface area contributed by atoms with Gasteiger partial charge in [-0.15, -0.1) is 0 Å². The lowest BCUT2D eigenvalue weighted by molar-refractivity contribution is 0.886. The van der Waals surface area contributed by atoms with Crippen molar-refractivity contribution in [3.8, 4) is 0 Å². The second-order valence-electron chi connectivity index (χ2n) is 4.15.